The van der Waals surface area contributed by atoms with E-state index in [9.17, 15) is 9.90 Å². The summed E-state index contributed by atoms with van der Waals surface area (Å²) < 4.78 is 0.768. The zero-order valence-corrected chi connectivity index (χ0v) is 9.11. The van der Waals surface area contributed by atoms with Crippen LogP contribution in [0.2, 0.25) is 0 Å². The maximum absolute atomic E-state index is 10.6. The number of aromatic hydroxyl groups is 1. The molecule has 0 aromatic heterocycles. The molecule has 1 aromatic carbocycles. The van der Waals surface area contributed by atoms with Gasteiger partial charge in [-0.05, 0) is 59.0 Å². The van der Waals surface area contributed by atoms with E-state index in [4.69, 9.17) is 0 Å². The molecule has 0 amide bonds. The third kappa shape index (κ3) is 1.70. The Morgan fingerprint density at radius 3 is 2.69 bits per heavy atom. The number of phenolic OH excluding ortho intramolecular Hbond substituents is 1. The minimum absolute atomic E-state index is 0.111. The standard InChI is InChI=1S/C10H9IO2/c11-9-4-7(6-1-2-6)3-8(5-12)10(9)13/h3-6,13H,1-2H2. The second kappa shape index (κ2) is 3.29. The van der Waals surface area contributed by atoms with Gasteiger partial charge in [0.15, 0.2) is 6.29 Å². The number of halogens is 1. The van der Waals surface area contributed by atoms with Crippen LogP contribution < -0.4 is 0 Å². The van der Waals surface area contributed by atoms with Crippen molar-refractivity contribution in [1.82, 2.24) is 0 Å². The molecular formula is C10H9IO2. The Kier molecular flexibility index (Phi) is 2.27. The molecule has 1 fully saturated rings. The van der Waals surface area contributed by atoms with Crippen molar-refractivity contribution in [2.45, 2.75) is 18.8 Å². The van der Waals surface area contributed by atoms with E-state index in [2.05, 4.69) is 22.6 Å². The van der Waals surface area contributed by atoms with Gasteiger partial charge in [0, 0.05) is 0 Å². The molecule has 0 atom stereocenters. The van der Waals surface area contributed by atoms with Crippen molar-refractivity contribution >= 4 is 28.9 Å². The molecular weight excluding hydrogens is 279 g/mol. The van der Waals surface area contributed by atoms with Gasteiger partial charge in [-0.3, -0.25) is 4.79 Å². The lowest BCUT2D eigenvalue weighted by Gasteiger charge is -2.04. The van der Waals surface area contributed by atoms with E-state index in [0.717, 1.165) is 3.57 Å². The van der Waals surface area contributed by atoms with Crippen LogP contribution in [-0.4, -0.2) is 11.4 Å². The molecule has 0 aliphatic heterocycles. The van der Waals surface area contributed by atoms with Crippen molar-refractivity contribution < 1.29 is 9.90 Å². The summed E-state index contributed by atoms with van der Waals surface area (Å²) in [4.78, 5) is 10.6. The minimum Gasteiger partial charge on any atom is -0.506 e. The van der Waals surface area contributed by atoms with Gasteiger partial charge in [-0.25, -0.2) is 0 Å². The number of hydrogen-bond donors (Lipinski definition) is 1. The average molecular weight is 288 g/mol. The molecule has 2 rings (SSSR count). The Hall–Kier alpha value is -0.580. The summed E-state index contributed by atoms with van der Waals surface area (Å²) in [6.45, 7) is 0. The fourth-order valence-corrected chi connectivity index (χ4v) is 2.06. The van der Waals surface area contributed by atoms with E-state index < -0.39 is 0 Å². The van der Waals surface area contributed by atoms with Gasteiger partial charge in [0.1, 0.15) is 5.75 Å². The lowest BCUT2D eigenvalue weighted by atomic mass is 10.1. The monoisotopic (exact) mass is 288 g/mol. The summed E-state index contributed by atoms with van der Waals surface area (Å²) >= 11 is 2.05. The van der Waals surface area contributed by atoms with E-state index in [1.165, 1.54) is 18.4 Å². The predicted molar refractivity (Wildman–Crippen MR) is 58.2 cm³/mol. The van der Waals surface area contributed by atoms with Crippen molar-refractivity contribution in [2.24, 2.45) is 0 Å². The highest BCUT2D eigenvalue weighted by Crippen LogP contribution is 2.42. The smallest absolute Gasteiger partial charge is 0.153 e. The number of carbonyl (C=O) groups is 1. The molecule has 2 nitrogen and oxygen atoms in total. The fraction of sp³-hybridized carbons (Fsp3) is 0.300. The summed E-state index contributed by atoms with van der Waals surface area (Å²) in [6, 6.07) is 3.75. The summed E-state index contributed by atoms with van der Waals surface area (Å²) in [5.41, 5.74) is 1.60. The largest absolute Gasteiger partial charge is 0.506 e. The van der Waals surface area contributed by atoms with Crippen LogP contribution >= 0.6 is 22.6 Å². The third-order valence-corrected chi connectivity index (χ3v) is 3.11. The van der Waals surface area contributed by atoms with E-state index in [1.54, 1.807) is 6.07 Å². The lowest BCUT2D eigenvalue weighted by molar-refractivity contribution is 0.112. The van der Waals surface area contributed by atoms with Crippen molar-refractivity contribution in [3.05, 3.63) is 26.8 Å². The molecule has 0 saturated heterocycles. The van der Waals surface area contributed by atoms with Gasteiger partial charge in [0.25, 0.3) is 0 Å². The van der Waals surface area contributed by atoms with Crippen LogP contribution in [0, 0.1) is 3.57 Å². The van der Waals surface area contributed by atoms with Crippen molar-refractivity contribution in [3.63, 3.8) is 0 Å². The molecule has 1 saturated carbocycles. The summed E-state index contributed by atoms with van der Waals surface area (Å²) in [5, 5.41) is 9.49. The molecule has 13 heavy (non-hydrogen) atoms. The summed E-state index contributed by atoms with van der Waals surface area (Å²) in [5.74, 6) is 0.729. The van der Waals surface area contributed by atoms with Crippen LogP contribution in [0.15, 0.2) is 12.1 Å². The summed E-state index contributed by atoms with van der Waals surface area (Å²) in [6.07, 6.45) is 3.13. The molecule has 1 aromatic rings. The minimum atomic E-state index is 0.111. The first kappa shape index (κ1) is 8.99. The zero-order valence-electron chi connectivity index (χ0n) is 6.96. The molecule has 0 spiro atoms. The first-order chi connectivity index (χ1) is 6.22. The molecule has 1 N–H and O–H groups in total. The van der Waals surface area contributed by atoms with Gasteiger partial charge in [0.05, 0.1) is 9.13 Å². The van der Waals surface area contributed by atoms with Crippen LogP contribution in [-0.2, 0) is 0 Å². The van der Waals surface area contributed by atoms with Crippen LogP contribution in [0.5, 0.6) is 5.75 Å². The van der Waals surface area contributed by atoms with Gasteiger partial charge in [-0.15, -0.1) is 0 Å². The van der Waals surface area contributed by atoms with E-state index in [1.807, 2.05) is 6.07 Å². The van der Waals surface area contributed by atoms with Crippen molar-refractivity contribution in [1.29, 1.82) is 0 Å². The maximum atomic E-state index is 10.6. The fourth-order valence-electron chi connectivity index (χ4n) is 1.38. The third-order valence-electron chi connectivity index (χ3n) is 2.29. The van der Waals surface area contributed by atoms with Gasteiger partial charge >= 0.3 is 0 Å². The second-order valence-electron chi connectivity index (χ2n) is 3.33. The Bertz CT molecular complexity index is 356. The number of aldehydes is 1. The Morgan fingerprint density at radius 1 is 1.46 bits per heavy atom. The van der Waals surface area contributed by atoms with Gasteiger partial charge in [-0.2, -0.15) is 0 Å². The van der Waals surface area contributed by atoms with Crippen LogP contribution in [0.3, 0.4) is 0 Å². The van der Waals surface area contributed by atoms with Gasteiger partial charge in [0.2, 0.25) is 0 Å². The summed E-state index contributed by atoms with van der Waals surface area (Å²) in [7, 11) is 0. The molecule has 0 radical (unpaired) electrons. The molecule has 68 valence electrons. The highest BCUT2D eigenvalue weighted by Gasteiger charge is 2.24. The Balaban J connectivity index is 2.49. The SMILES string of the molecule is O=Cc1cc(C2CC2)cc(I)c1O. The molecule has 1 aliphatic rings. The normalized spacial score (nSPS) is 15.8. The Labute approximate surface area is 90.1 Å². The van der Waals surface area contributed by atoms with E-state index >= 15 is 0 Å². The first-order valence-corrected chi connectivity index (χ1v) is 5.28. The number of hydrogen-bond acceptors (Lipinski definition) is 2. The van der Waals surface area contributed by atoms with E-state index in [0.29, 0.717) is 17.8 Å². The number of benzene rings is 1. The number of carbonyl (C=O) groups excluding carboxylic acids is 1. The average Bonchev–Trinajstić information content (AvgIpc) is 2.92. The number of phenols is 1. The topological polar surface area (TPSA) is 37.3 Å². The maximum Gasteiger partial charge on any atom is 0.153 e. The molecule has 3 heteroatoms. The van der Waals surface area contributed by atoms with Crippen LogP contribution in [0.25, 0.3) is 0 Å². The van der Waals surface area contributed by atoms with E-state index in [-0.39, 0.29) is 5.75 Å². The Morgan fingerprint density at radius 2 is 2.15 bits per heavy atom. The molecule has 0 bridgehead atoms. The first-order valence-electron chi connectivity index (χ1n) is 4.20. The highest BCUT2D eigenvalue weighted by molar-refractivity contribution is 14.1. The lowest BCUT2D eigenvalue weighted by Crippen LogP contribution is -1.89. The van der Waals surface area contributed by atoms with Crippen molar-refractivity contribution in [3.8, 4) is 5.75 Å². The zero-order chi connectivity index (χ0) is 9.42. The van der Waals surface area contributed by atoms with Gasteiger partial charge < -0.3 is 5.11 Å². The molecule has 0 heterocycles. The molecule has 0 unspecified atom stereocenters. The van der Waals surface area contributed by atoms with Crippen molar-refractivity contribution in [2.75, 3.05) is 0 Å². The van der Waals surface area contributed by atoms with Crippen LogP contribution in [0.1, 0.15) is 34.7 Å². The highest BCUT2D eigenvalue weighted by atomic mass is 127. The van der Waals surface area contributed by atoms with Gasteiger partial charge in [-0.1, -0.05) is 0 Å². The molecule has 1 aliphatic carbocycles. The second-order valence-corrected chi connectivity index (χ2v) is 4.49. The quantitative estimate of drug-likeness (QED) is 0.671. The van der Waals surface area contributed by atoms with Crippen LogP contribution in [0.4, 0.5) is 0 Å². The number of rotatable bonds is 2. The predicted octanol–water partition coefficient (Wildman–Crippen LogP) is 2.69.